The zero-order valence-corrected chi connectivity index (χ0v) is 31.8. The molecular weight excluding hydrogens is 940 g/mol. The Labute approximate surface area is 296 Å². The summed E-state index contributed by atoms with van der Waals surface area (Å²) < 4.78 is 0. The third-order valence-corrected chi connectivity index (χ3v) is 5.33. The monoisotopic (exact) mass is 1010 g/mol. The van der Waals surface area contributed by atoms with Gasteiger partial charge in [0.25, 0.3) is 0 Å². The van der Waals surface area contributed by atoms with Crippen molar-refractivity contribution in [3.05, 3.63) is 51.4 Å². The van der Waals surface area contributed by atoms with Crippen molar-refractivity contribution in [1.29, 1.82) is 0 Å². The van der Waals surface area contributed by atoms with Gasteiger partial charge in [-0.3, -0.25) is 10.1 Å². The van der Waals surface area contributed by atoms with Crippen LogP contribution in [-0.2, 0) is 51.8 Å². The van der Waals surface area contributed by atoms with Gasteiger partial charge in [-0.25, -0.2) is 4.89 Å². The largest absolute Gasteiger partial charge is 4.00 e. The summed E-state index contributed by atoms with van der Waals surface area (Å²) in [5.74, 6) is -0.682. The molecule has 0 fully saturated rings. The van der Waals surface area contributed by atoms with E-state index in [4.69, 9.17) is 37.2 Å². The number of carbonyl (C=O) groups is 1. The van der Waals surface area contributed by atoms with Crippen molar-refractivity contribution < 1.29 is 77.9 Å². The van der Waals surface area contributed by atoms with Crippen LogP contribution >= 0.6 is 0 Å². The van der Waals surface area contributed by atoms with Crippen molar-refractivity contribution in [1.82, 2.24) is 0 Å². The SMILES string of the molecule is CCCCCC(=O)O.CCCCCCOO.O=[N+]([O-])[O-].[NH-]CCCCCC[NH2+]CC[NH2+]CCCCCC[NH-].[NH2-].[NH2-].[NH2-].[NH2-].[Pt+4].[Pt+4]. The molecule has 0 aliphatic rings. The summed E-state index contributed by atoms with van der Waals surface area (Å²) >= 11 is 0. The summed E-state index contributed by atoms with van der Waals surface area (Å²) in [4.78, 5) is 22.0. The first-order valence-electron chi connectivity index (χ1n) is 14.6. The number of rotatable bonds is 24. The molecule has 44 heavy (non-hydrogen) atoms. The molecule has 16 N–H and O–H groups in total. The van der Waals surface area contributed by atoms with Crippen LogP contribution in [0.1, 0.15) is 117 Å². The number of hydrogen-bond donors (Lipinski definition) is 4. The molecular formula is C26H68N9O7Pt2+3. The van der Waals surface area contributed by atoms with E-state index < -0.39 is 11.1 Å². The van der Waals surface area contributed by atoms with Gasteiger partial charge in [-0.1, -0.05) is 71.6 Å². The van der Waals surface area contributed by atoms with Gasteiger partial charge in [-0.2, -0.15) is 13.1 Å². The Morgan fingerprint density at radius 3 is 1.32 bits per heavy atom. The van der Waals surface area contributed by atoms with Crippen LogP contribution in [0.25, 0.3) is 36.1 Å². The van der Waals surface area contributed by atoms with Gasteiger partial charge in [-0.15, -0.1) is 0 Å². The van der Waals surface area contributed by atoms with Gasteiger partial charge >= 0.3 is 48.1 Å². The van der Waals surface area contributed by atoms with Crippen LogP contribution in [0.3, 0.4) is 0 Å². The minimum Gasteiger partial charge on any atom is -0.693 e. The normalized spacial score (nSPS) is 8.48. The Bertz CT molecular complexity index is 433. The molecule has 0 aliphatic heterocycles. The average molecular weight is 1010 g/mol. The quantitative estimate of drug-likeness (QED) is 0.0323. The molecule has 0 aromatic carbocycles. The fourth-order valence-electron chi connectivity index (χ4n) is 3.18. The molecule has 0 saturated carbocycles. The molecule has 18 heteroatoms. The zero-order valence-electron chi connectivity index (χ0n) is 27.2. The van der Waals surface area contributed by atoms with E-state index in [0.717, 1.165) is 44.9 Å². The second kappa shape index (κ2) is 73.9. The van der Waals surface area contributed by atoms with Crippen LogP contribution in [0.2, 0.25) is 0 Å². The summed E-state index contributed by atoms with van der Waals surface area (Å²) in [7, 11) is 0. The summed E-state index contributed by atoms with van der Waals surface area (Å²) in [5.41, 5.74) is 14.1. The van der Waals surface area contributed by atoms with Crippen LogP contribution in [0.5, 0.6) is 0 Å². The van der Waals surface area contributed by atoms with Gasteiger partial charge in [-0.05, 0) is 38.5 Å². The molecule has 0 unspecified atom stereocenters. The first kappa shape index (κ1) is 70.1. The van der Waals surface area contributed by atoms with E-state index in [1.165, 1.54) is 77.5 Å². The number of quaternary nitrogens is 2. The molecule has 16 nitrogen and oxygen atoms in total. The number of nitrogens with one attached hydrogen (secondary N) is 2. The third kappa shape index (κ3) is 113. The van der Waals surface area contributed by atoms with Crippen LogP contribution in [0, 0.1) is 15.3 Å². The van der Waals surface area contributed by atoms with Crippen LogP contribution in [-0.4, -0.2) is 67.3 Å². The minimum absolute atomic E-state index is 0. The maximum absolute atomic E-state index is 9.87. The van der Waals surface area contributed by atoms with Crippen LogP contribution < -0.4 is 10.6 Å². The number of hydrogen-bond acceptors (Lipinski definition) is 6. The topological polar surface area (TPSA) is 348 Å². The Hall–Kier alpha value is -0.353. The van der Waals surface area contributed by atoms with E-state index in [-0.39, 0.29) is 66.7 Å². The Kier molecular flexibility index (Phi) is 118. The molecule has 0 spiro atoms. The van der Waals surface area contributed by atoms with Gasteiger partial charge in [0.1, 0.15) is 13.1 Å². The molecule has 0 aromatic rings. The summed E-state index contributed by atoms with van der Waals surface area (Å²) in [6.07, 6.45) is 17.7. The van der Waals surface area contributed by atoms with Crippen molar-refractivity contribution >= 4 is 5.97 Å². The van der Waals surface area contributed by atoms with Crippen LogP contribution in [0.15, 0.2) is 0 Å². The third-order valence-electron chi connectivity index (χ3n) is 5.33. The van der Waals surface area contributed by atoms with Gasteiger partial charge in [0.05, 0.1) is 24.8 Å². The van der Waals surface area contributed by atoms with Crippen molar-refractivity contribution in [2.45, 2.75) is 117 Å². The van der Waals surface area contributed by atoms with E-state index in [2.05, 4.69) is 29.4 Å². The Morgan fingerprint density at radius 2 is 1.00 bits per heavy atom. The van der Waals surface area contributed by atoms with Crippen LogP contribution in [0.4, 0.5) is 0 Å². The van der Waals surface area contributed by atoms with E-state index in [9.17, 15) is 4.79 Å². The fraction of sp³-hybridized carbons (Fsp3) is 0.962. The number of carboxylic acid groups (broad SMARTS) is 1. The first-order valence-corrected chi connectivity index (χ1v) is 14.6. The molecule has 0 saturated heterocycles. The molecule has 0 aromatic heterocycles. The molecule has 0 bridgehead atoms. The smallest absolute Gasteiger partial charge is 0.693 e. The predicted octanol–water partition coefficient (Wildman–Crippen LogP) is 7.67. The fourth-order valence-corrected chi connectivity index (χ4v) is 3.18. The first-order chi connectivity index (χ1) is 18.3. The van der Waals surface area contributed by atoms with E-state index in [1.807, 2.05) is 0 Å². The molecule has 276 valence electrons. The van der Waals surface area contributed by atoms with Crippen molar-refractivity contribution in [2.24, 2.45) is 0 Å². The average Bonchev–Trinajstić information content (AvgIpc) is 2.87. The molecule has 0 radical (unpaired) electrons. The number of nitrogens with zero attached hydrogens (tertiary/aromatic N) is 1. The second-order valence-electron chi connectivity index (χ2n) is 9.03. The maximum Gasteiger partial charge on any atom is 4.00 e. The number of unbranched alkanes of at least 4 members (excludes halogenated alkanes) is 11. The molecule has 0 atom stereocenters. The van der Waals surface area contributed by atoms with E-state index in [1.54, 1.807) is 0 Å². The van der Waals surface area contributed by atoms with Gasteiger partial charge in [0.15, 0.2) is 0 Å². The molecule has 0 amide bonds. The summed E-state index contributed by atoms with van der Waals surface area (Å²) in [5, 5.41) is 35.6. The molecule has 0 aliphatic carbocycles. The van der Waals surface area contributed by atoms with Gasteiger partial charge < -0.3 is 67.1 Å². The Balaban J connectivity index is -0.0000000475. The standard InChI is InChI=1S/C14H32N4.C6H14O2.C6H12O2.NO3.4H2N.2Pt/c15-9-5-1-3-7-11-17-13-14-18-12-8-4-2-6-10-16;1-2-3-4-5-6-8-7;1-2-3-4-5-6(7)8;2-1(3)4;;;;;;/h15-18H,1-14H2;7H,2-6H2,1H3;2-5H2,1H3,(H,7,8);;4*1H2;;/q-2;;;5*-1;2*+4/p+2. The molecule has 0 rings (SSSR count). The number of carboxylic acids is 1. The Morgan fingerprint density at radius 1 is 0.659 bits per heavy atom. The van der Waals surface area contributed by atoms with E-state index >= 15 is 0 Å². The summed E-state index contributed by atoms with van der Waals surface area (Å²) in [6, 6.07) is 0. The second-order valence-corrected chi connectivity index (χ2v) is 9.03. The minimum atomic E-state index is -1.75. The van der Waals surface area contributed by atoms with Gasteiger partial charge in [0, 0.05) is 6.42 Å². The van der Waals surface area contributed by atoms with Crippen molar-refractivity contribution in [3.8, 4) is 0 Å². The number of nitrogens with two attached hydrogens (primary N) is 6. The maximum atomic E-state index is 9.87. The van der Waals surface area contributed by atoms with E-state index in [0.29, 0.717) is 26.1 Å². The van der Waals surface area contributed by atoms with Crippen molar-refractivity contribution in [2.75, 3.05) is 45.9 Å². The number of aliphatic carboxylic acids is 1. The van der Waals surface area contributed by atoms with Gasteiger partial charge in [0.2, 0.25) is 0 Å². The van der Waals surface area contributed by atoms with Crippen molar-refractivity contribution in [3.63, 3.8) is 0 Å². The summed E-state index contributed by atoms with van der Waals surface area (Å²) in [6.45, 7) is 10.9. The zero-order chi connectivity index (χ0) is 29.5. The molecule has 0 heterocycles. The predicted molar refractivity (Wildman–Crippen MR) is 175 cm³/mol.